The number of anilines is 1. The molecule has 1 rings (SSSR count). The fourth-order valence-electron chi connectivity index (χ4n) is 1.79. The first-order valence-electron chi connectivity index (χ1n) is 5.61. The van der Waals surface area contributed by atoms with Gasteiger partial charge in [-0.15, -0.1) is 0 Å². The van der Waals surface area contributed by atoms with Gasteiger partial charge >= 0.3 is 0 Å². The molecule has 0 aliphatic rings. The second-order valence-electron chi connectivity index (χ2n) is 4.14. The zero-order chi connectivity index (χ0) is 14.6. The third-order valence-corrected chi connectivity index (χ3v) is 2.48. The molecule has 0 aliphatic carbocycles. The van der Waals surface area contributed by atoms with Crippen LogP contribution < -0.4 is 16.4 Å². The van der Waals surface area contributed by atoms with Crippen molar-refractivity contribution in [1.82, 2.24) is 0 Å². The molecule has 1 aromatic rings. The van der Waals surface area contributed by atoms with Gasteiger partial charge in [-0.1, -0.05) is 12.1 Å². The summed E-state index contributed by atoms with van der Waals surface area (Å²) in [5.41, 5.74) is 10.3. The van der Waals surface area contributed by atoms with E-state index in [0.717, 1.165) is 11.0 Å². The number of aliphatic hydroxyl groups is 1. The van der Waals surface area contributed by atoms with Gasteiger partial charge < -0.3 is 21.5 Å². The Balaban J connectivity index is 3.27. The predicted molar refractivity (Wildman–Crippen MR) is 67.6 cm³/mol. The molecule has 0 heterocycles. The van der Waals surface area contributed by atoms with Crippen LogP contribution in [0.4, 0.5) is 10.1 Å². The van der Waals surface area contributed by atoms with Gasteiger partial charge in [-0.05, 0) is 13.0 Å². The number of halogens is 1. The molecule has 0 fully saturated rings. The molecule has 1 atom stereocenters. The number of benzene rings is 1. The summed E-state index contributed by atoms with van der Waals surface area (Å²) in [6.07, 6.45) is -0.964. The van der Waals surface area contributed by atoms with E-state index in [1.54, 1.807) is 0 Å². The average molecular weight is 269 g/mol. The molecule has 7 heteroatoms. The molecule has 0 saturated heterocycles. The SMILES string of the molecule is CC(O)c1cccc(F)c1N(CC(N)=O)CC(N)=O. The van der Waals surface area contributed by atoms with Crippen LogP contribution in [0, 0.1) is 5.82 Å². The fraction of sp³-hybridized carbons (Fsp3) is 0.333. The Morgan fingerprint density at radius 3 is 2.26 bits per heavy atom. The van der Waals surface area contributed by atoms with Crippen LogP contribution in [0.15, 0.2) is 18.2 Å². The number of amides is 2. The van der Waals surface area contributed by atoms with Gasteiger partial charge in [0, 0.05) is 5.56 Å². The summed E-state index contributed by atoms with van der Waals surface area (Å²) < 4.78 is 13.9. The molecular weight excluding hydrogens is 253 g/mol. The van der Waals surface area contributed by atoms with Gasteiger partial charge in [0.2, 0.25) is 11.8 Å². The van der Waals surface area contributed by atoms with E-state index in [4.69, 9.17) is 11.5 Å². The van der Waals surface area contributed by atoms with E-state index >= 15 is 0 Å². The Labute approximate surface area is 109 Å². The van der Waals surface area contributed by atoms with Crippen molar-refractivity contribution in [3.05, 3.63) is 29.6 Å². The molecule has 0 bridgehead atoms. The van der Waals surface area contributed by atoms with Crippen molar-refractivity contribution >= 4 is 17.5 Å². The third kappa shape index (κ3) is 3.92. The molecule has 1 unspecified atom stereocenters. The molecule has 0 spiro atoms. The lowest BCUT2D eigenvalue weighted by atomic mass is 10.1. The van der Waals surface area contributed by atoms with E-state index in [1.165, 1.54) is 19.1 Å². The quantitative estimate of drug-likeness (QED) is 0.656. The lowest BCUT2D eigenvalue weighted by Gasteiger charge is -2.25. The third-order valence-electron chi connectivity index (χ3n) is 2.48. The Hall–Kier alpha value is -2.15. The van der Waals surface area contributed by atoms with Crippen molar-refractivity contribution < 1.29 is 19.1 Å². The molecule has 0 aromatic heterocycles. The highest BCUT2D eigenvalue weighted by atomic mass is 19.1. The van der Waals surface area contributed by atoms with Crippen LogP contribution in [0.2, 0.25) is 0 Å². The second kappa shape index (κ2) is 6.14. The van der Waals surface area contributed by atoms with Gasteiger partial charge in [0.1, 0.15) is 5.82 Å². The highest BCUT2D eigenvalue weighted by Gasteiger charge is 2.21. The lowest BCUT2D eigenvalue weighted by molar-refractivity contribution is -0.117. The molecule has 2 amide bonds. The average Bonchev–Trinajstić information content (AvgIpc) is 2.26. The minimum atomic E-state index is -0.964. The van der Waals surface area contributed by atoms with Gasteiger partial charge in [-0.2, -0.15) is 0 Å². The van der Waals surface area contributed by atoms with E-state index in [9.17, 15) is 19.1 Å². The monoisotopic (exact) mass is 269 g/mol. The van der Waals surface area contributed by atoms with Gasteiger partial charge in [0.05, 0.1) is 24.9 Å². The van der Waals surface area contributed by atoms with Crippen molar-refractivity contribution in [3.63, 3.8) is 0 Å². The summed E-state index contributed by atoms with van der Waals surface area (Å²) in [6.45, 7) is 0.707. The van der Waals surface area contributed by atoms with Crippen molar-refractivity contribution in [2.45, 2.75) is 13.0 Å². The predicted octanol–water partition coefficient (Wildman–Crippen LogP) is -0.344. The largest absolute Gasteiger partial charge is 0.389 e. The Kier molecular flexibility index (Phi) is 4.82. The number of carbonyl (C=O) groups excluding carboxylic acids is 2. The summed E-state index contributed by atoms with van der Waals surface area (Å²) in [6, 6.07) is 4.09. The van der Waals surface area contributed by atoms with Crippen LogP contribution in [-0.4, -0.2) is 30.0 Å². The number of nitrogens with two attached hydrogens (primary N) is 2. The molecular formula is C12H16FN3O3. The van der Waals surface area contributed by atoms with E-state index < -0.39 is 23.7 Å². The maximum Gasteiger partial charge on any atom is 0.236 e. The van der Waals surface area contributed by atoms with Crippen LogP contribution in [0.3, 0.4) is 0 Å². The highest BCUT2D eigenvalue weighted by Crippen LogP contribution is 2.29. The number of hydrogen-bond acceptors (Lipinski definition) is 4. The lowest BCUT2D eigenvalue weighted by Crippen LogP contribution is -2.40. The van der Waals surface area contributed by atoms with Gasteiger partial charge in [-0.25, -0.2) is 4.39 Å². The van der Waals surface area contributed by atoms with Crippen molar-refractivity contribution in [2.24, 2.45) is 11.5 Å². The van der Waals surface area contributed by atoms with Gasteiger partial charge in [0.25, 0.3) is 0 Å². The summed E-state index contributed by atoms with van der Waals surface area (Å²) >= 11 is 0. The highest BCUT2D eigenvalue weighted by molar-refractivity contribution is 5.85. The van der Waals surface area contributed by atoms with Crippen LogP contribution in [0.25, 0.3) is 0 Å². The van der Waals surface area contributed by atoms with Gasteiger partial charge in [0.15, 0.2) is 0 Å². The summed E-state index contributed by atoms with van der Waals surface area (Å²) in [7, 11) is 0. The molecule has 6 nitrogen and oxygen atoms in total. The van der Waals surface area contributed by atoms with E-state index in [1.807, 2.05) is 0 Å². The smallest absolute Gasteiger partial charge is 0.236 e. The van der Waals surface area contributed by atoms with E-state index in [2.05, 4.69) is 0 Å². The fourth-order valence-corrected chi connectivity index (χ4v) is 1.79. The Morgan fingerprint density at radius 1 is 1.32 bits per heavy atom. The minimum Gasteiger partial charge on any atom is -0.389 e. The number of primary amides is 2. The summed E-state index contributed by atoms with van der Waals surface area (Å²) in [5.74, 6) is -2.14. The van der Waals surface area contributed by atoms with Crippen molar-refractivity contribution in [3.8, 4) is 0 Å². The maximum atomic E-state index is 13.9. The van der Waals surface area contributed by atoms with Gasteiger partial charge in [-0.3, -0.25) is 9.59 Å². The number of hydrogen-bond donors (Lipinski definition) is 3. The van der Waals surface area contributed by atoms with Crippen molar-refractivity contribution in [2.75, 3.05) is 18.0 Å². The van der Waals surface area contributed by atoms with Crippen LogP contribution in [0.1, 0.15) is 18.6 Å². The normalized spacial score (nSPS) is 11.9. The van der Waals surface area contributed by atoms with Crippen molar-refractivity contribution in [1.29, 1.82) is 0 Å². The molecule has 1 aromatic carbocycles. The molecule has 0 saturated carbocycles. The molecule has 0 aliphatic heterocycles. The first kappa shape index (κ1) is 14.9. The second-order valence-corrected chi connectivity index (χ2v) is 4.14. The number of nitrogens with zero attached hydrogens (tertiary/aromatic N) is 1. The first-order chi connectivity index (χ1) is 8.82. The van der Waals surface area contributed by atoms with Crippen LogP contribution >= 0.6 is 0 Å². The maximum absolute atomic E-state index is 13.9. The zero-order valence-electron chi connectivity index (χ0n) is 10.5. The summed E-state index contributed by atoms with van der Waals surface area (Å²) in [4.78, 5) is 23.1. The standard InChI is InChI=1S/C12H16FN3O3/c1-7(17)8-3-2-4-9(13)12(8)16(5-10(14)18)6-11(15)19/h2-4,7,17H,5-6H2,1H3,(H2,14,18)(H2,15,19). The Morgan fingerprint density at radius 2 is 1.84 bits per heavy atom. The molecule has 104 valence electrons. The first-order valence-corrected chi connectivity index (χ1v) is 5.61. The topological polar surface area (TPSA) is 110 Å². The molecule has 0 radical (unpaired) electrons. The van der Waals surface area contributed by atoms with E-state index in [0.29, 0.717) is 0 Å². The van der Waals surface area contributed by atoms with E-state index in [-0.39, 0.29) is 24.3 Å². The number of aliphatic hydroxyl groups excluding tert-OH is 1. The van der Waals surface area contributed by atoms with Crippen LogP contribution in [-0.2, 0) is 9.59 Å². The molecule has 19 heavy (non-hydrogen) atoms. The number of carbonyl (C=O) groups is 2. The minimum absolute atomic E-state index is 0.0462. The number of para-hydroxylation sites is 1. The number of rotatable bonds is 6. The molecule has 5 N–H and O–H groups in total. The Bertz CT molecular complexity index is 475. The summed E-state index contributed by atoms with van der Waals surface area (Å²) in [5, 5.41) is 9.62. The van der Waals surface area contributed by atoms with Crippen LogP contribution in [0.5, 0.6) is 0 Å². The zero-order valence-corrected chi connectivity index (χ0v) is 10.5.